The third kappa shape index (κ3) is 6.08. The number of hydrogen-bond acceptors (Lipinski definition) is 13. The maximum Gasteiger partial charge on any atom is 0.351 e. The van der Waals surface area contributed by atoms with Gasteiger partial charge in [0.05, 0.1) is 25.4 Å². The van der Waals surface area contributed by atoms with Crippen molar-refractivity contribution < 1.29 is 33.3 Å². The first-order chi connectivity index (χ1) is 17.5. The average Bonchev–Trinajstić information content (AvgIpc) is 3.42. The molecular weight excluding hydrogens is 533 g/mol. The van der Waals surface area contributed by atoms with E-state index in [9.17, 15) is 24.6 Å². The van der Waals surface area contributed by atoms with E-state index in [4.69, 9.17) is 40.6 Å². The minimum absolute atomic E-state index is 0.0631. The standard InChI is InChI=1S/C20H28N5O10PS/c1-10-7-25(20(30)23-18(10)28)16-5-11(27)14(34-16)9-32-36(37,31-2)35-12-6-17(33-13(12)8-26)24-4-3-15(21)22-19(24)29/h3-4,7,11-14,16-17,26-27H,5-6,8-9H2,1-2H3,(H2,21,22,29)(H,23,28,30)/t11-,12-,13+,14+,16+,17+,36?/m0/s1. The SMILES string of the molecule is COP(=S)(OC[C@H]1O[C@@H](n2cc(C)c(=O)[nH]c2=O)C[C@@H]1O)O[C@H]1C[C@H](n2ccc(N)nc2=O)O[C@@H]1CO. The summed E-state index contributed by atoms with van der Waals surface area (Å²) in [6.45, 7) is -2.51. The Balaban J connectivity index is 1.41. The van der Waals surface area contributed by atoms with Crippen molar-refractivity contribution in [2.45, 2.75) is 56.6 Å². The van der Waals surface area contributed by atoms with E-state index in [2.05, 4.69) is 9.97 Å². The molecule has 2 fully saturated rings. The number of nitrogen functional groups attached to an aromatic ring is 1. The number of nitrogens with two attached hydrogens (primary N) is 1. The molecule has 0 radical (unpaired) electrons. The van der Waals surface area contributed by atoms with Crippen LogP contribution < -0.4 is 22.7 Å². The zero-order valence-electron chi connectivity index (χ0n) is 20.0. The Morgan fingerprint density at radius 2 is 1.95 bits per heavy atom. The molecular formula is C20H28N5O10PS. The predicted molar refractivity (Wildman–Crippen MR) is 131 cm³/mol. The van der Waals surface area contributed by atoms with E-state index in [-0.39, 0.29) is 25.3 Å². The lowest BCUT2D eigenvalue weighted by atomic mass is 10.2. The van der Waals surface area contributed by atoms with Gasteiger partial charge in [0.1, 0.15) is 30.5 Å². The van der Waals surface area contributed by atoms with Crippen molar-refractivity contribution in [3.63, 3.8) is 0 Å². The second-order valence-electron chi connectivity index (χ2n) is 8.57. The fourth-order valence-electron chi connectivity index (χ4n) is 4.08. The summed E-state index contributed by atoms with van der Waals surface area (Å²) in [5.41, 5.74) is 4.05. The van der Waals surface area contributed by atoms with Crippen molar-refractivity contribution in [3.8, 4) is 0 Å². The smallest absolute Gasteiger partial charge is 0.351 e. The van der Waals surface area contributed by atoms with Crippen LogP contribution in [-0.4, -0.2) is 74.1 Å². The van der Waals surface area contributed by atoms with Crippen LogP contribution in [-0.2, 0) is 34.9 Å². The molecule has 2 aliphatic rings. The van der Waals surface area contributed by atoms with Crippen molar-refractivity contribution in [1.82, 2.24) is 19.1 Å². The summed E-state index contributed by atoms with van der Waals surface area (Å²) in [4.78, 5) is 41.9. The van der Waals surface area contributed by atoms with E-state index in [0.717, 1.165) is 0 Å². The van der Waals surface area contributed by atoms with Gasteiger partial charge in [-0.15, -0.1) is 0 Å². The van der Waals surface area contributed by atoms with Gasteiger partial charge in [0, 0.05) is 37.9 Å². The fourth-order valence-corrected chi connectivity index (χ4v) is 5.73. The highest BCUT2D eigenvalue weighted by Crippen LogP contribution is 2.53. The molecule has 0 spiro atoms. The van der Waals surface area contributed by atoms with Crippen molar-refractivity contribution in [1.29, 1.82) is 0 Å². The summed E-state index contributed by atoms with van der Waals surface area (Å²) in [5.74, 6) is 0.0631. The van der Waals surface area contributed by atoms with Crippen molar-refractivity contribution in [3.05, 3.63) is 55.3 Å². The third-order valence-corrected chi connectivity index (χ3v) is 8.53. The number of rotatable bonds is 9. The summed E-state index contributed by atoms with van der Waals surface area (Å²) in [6, 6.07) is 1.44. The number of aromatic amines is 1. The Morgan fingerprint density at radius 1 is 1.24 bits per heavy atom. The average molecular weight is 562 g/mol. The highest BCUT2D eigenvalue weighted by molar-refractivity contribution is 8.07. The first-order valence-corrected chi connectivity index (χ1v) is 13.8. The van der Waals surface area contributed by atoms with Gasteiger partial charge in [-0.3, -0.25) is 18.9 Å². The van der Waals surface area contributed by atoms with Crippen LogP contribution in [0.1, 0.15) is 30.9 Å². The molecule has 1 unspecified atom stereocenters. The van der Waals surface area contributed by atoms with Crippen LogP contribution in [0.2, 0.25) is 0 Å². The Kier molecular flexibility index (Phi) is 8.42. The topological polar surface area (TPSA) is 202 Å². The molecule has 17 heteroatoms. The number of aliphatic hydroxyl groups excluding tert-OH is 2. The molecule has 15 nitrogen and oxygen atoms in total. The summed E-state index contributed by atoms with van der Waals surface area (Å²) in [6.07, 6.45) is -2.10. The molecule has 2 aromatic rings. The van der Waals surface area contributed by atoms with E-state index in [1.54, 1.807) is 6.92 Å². The Morgan fingerprint density at radius 3 is 2.62 bits per heavy atom. The van der Waals surface area contributed by atoms with Gasteiger partial charge in [-0.1, -0.05) is 0 Å². The lowest BCUT2D eigenvalue weighted by molar-refractivity contribution is -0.0539. The van der Waals surface area contributed by atoms with Crippen LogP contribution in [0.3, 0.4) is 0 Å². The van der Waals surface area contributed by atoms with Crippen LogP contribution >= 0.6 is 6.72 Å². The van der Waals surface area contributed by atoms with Crippen LogP contribution in [0.5, 0.6) is 0 Å². The predicted octanol–water partition coefficient (Wildman–Crippen LogP) is -1.11. The van der Waals surface area contributed by atoms with Gasteiger partial charge in [0.15, 0.2) is 0 Å². The highest BCUT2D eigenvalue weighted by Gasteiger charge is 2.42. The van der Waals surface area contributed by atoms with E-state index in [1.165, 1.54) is 34.7 Å². The van der Waals surface area contributed by atoms with E-state index in [0.29, 0.717) is 5.56 Å². The molecule has 2 saturated heterocycles. The lowest BCUT2D eigenvalue weighted by Crippen LogP contribution is -2.33. The number of anilines is 1. The van der Waals surface area contributed by atoms with E-state index in [1.807, 2.05) is 0 Å². The monoisotopic (exact) mass is 561 g/mol. The van der Waals surface area contributed by atoms with E-state index >= 15 is 0 Å². The number of aromatic nitrogens is 4. The maximum absolute atomic E-state index is 12.2. The Labute approximate surface area is 215 Å². The quantitative estimate of drug-likeness (QED) is 0.269. The van der Waals surface area contributed by atoms with E-state index < -0.39 is 67.1 Å². The number of aliphatic hydroxyl groups is 2. The van der Waals surface area contributed by atoms with Crippen LogP contribution in [0.4, 0.5) is 5.82 Å². The van der Waals surface area contributed by atoms with Gasteiger partial charge in [0.25, 0.3) is 5.56 Å². The number of ether oxygens (including phenoxy) is 2. The second-order valence-corrected chi connectivity index (χ2v) is 11.6. The fraction of sp³-hybridized carbons (Fsp3) is 0.600. The highest BCUT2D eigenvalue weighted by atomic mass is 32.5. The molecule has 0 bridgehead atoms. The molecule has 5 N–H and O–H groups in total. The minimum atomic E-state index is -3.42. The summed E-state index contributed by atoms with van der Waals surface area (Å²) in [7, 11) is 1.30. The van der Waals surface area contributed by atoms with Gasteiger partial charge in [-0.2, -0.15) is 4.98 Å². The molecule has 0 aliphatic carbocycles. The zero-order chi connectivity index (χ0) is 26.9. The van der Waals surface area contributed by atoms with Crippen LogP contribution in [0, 0.1) is 6.92 Å². The van der Waals surface area contributed by atoms with Crippen molar-refractivity contribution in [2.24, 2.45) is 0 Å². The van der Waals surface area contributed by atoms with Crippen LogP contribution in [0.15, 0.2) is 32.8 Å². The number of nitrogens with zero attached hydrogens (tertiary/aromatic N) is 3. The molecule has 0 saturated carbocycles. The molecule has 37 heavy (non-hydrogen) atoms. The summed E-state index contributed by atoms with van der Waals surface area (Å²) in [5, 5.41) is 20.3. The molecule has 204 valence electrons. The minimum Gasteiger partial charge on any atom is -0.394 e. The first kappa shape index (κ1) is 27.8. The third-order valence-electron chi connectivity index (χ3n) is 6.07. The van der Waals surface area contributed by atoms with Gasteiger partial charge < -0.3 is 39.0 Å². The van der Waals surface area contributed by atoms with Gasteiger partial charge in [-0.25, -0.2) is 9.59 Å². The molecule has 4 heterocycles. The summed E-state index contributed by atoms with van der Waals surface area (Å²) < 4.78 is 31.0. The maximum atomic E-state index is 12.2. The molecule has 2 aromatic heterocycles. The Bertz CT molecular complexity index is 1350. The Hall–Kier alpha value is -2.27. The molecule has 0 aromatic carbocycles. The van der Waals surface area contributed by atoms with Crippen molar-refractivity contribution >= 4 is 24.3 Å². The van der Waals surface area contributed by atoms with Crippen molar-refractivity contribution in [2.75, 3.05) is 26.1 Å². The van der Waals surface area contributed by atoms with Gasteiger partial charge in [0.2, 0.25) is 0 Å². The largest absolute Gasteiger partial charge is 0.394 e. The zero-order valence-corrected chi connectivity index (χ0v) is 21.7. The van der Waals surface area contributed by atoms with Gasteiger partial charge in [-0.05, 0) is 24.8 Å². The van der Waals surface area contributed by atoms with Crippen LogP contribution in [0.25, 0.3) is 0 Å². The normalized spacial score (nSPS) is 29.4. The van der Waals surface area contributed by atoms with Gasteiger partial charge >= 0.3 is 18.1 Å². The molecule has 7 atom stereocenters. The molecule has 2 aliphatic heterocycles. The first-order valence-electron chi connectivity index (χ1n) is 11.3. The molecule has 0 amide bonds. The number of hydrogen-bond donors (Lipinski definition) is 4. The number of nitrogens with one attached hydrogen (secondary N) is 1. The number of aryl methyl sites for hydroxylation is 1. The second kappa shape index (κ2) is 11.2. The number of H-pyrrole nitrogens is 1. The molecule has 4 rings (SSSR count). The lowest BCUT2D eigenvalue weighted by Gasteiger charge is -2.26. The summed E-state index contributed by atoms with van der Waals surface area (Å²) >= 11 is 5.46.